The fourth-order valence-corrected chi connectivity index (χ4v) is 4.93. The van der Waals surface area contributed by atoms with Crippen LogP contribution in [0.3, 0.4) is 0 Å². The van der Waals surface area contributed by atoms with Crippen molar-refractivity contribution in [1.29, 1.82) is 0 Å². The maximum atomic E-state index is 6.55. The zero-order valence-electron chi connectivity index (χ0n) is 12.6. The van der Waals surface area contributed by atoms with Crippen LogP contribution >= 0.6 is 0 Å². The van der Waals surface area contributed by atoms with Gasteiger partial charge < -0.3 is 9.47 Å². The molecule has 0 aromatic heterocycles. The van der Waals surface area contributed by atoms with E-state index in [2.05, 4.69) is 34.6 Å². The molecule has 0 N–H and O–H groups in total. The molecule has 0 aromatic carbocycles. The van der Waals surface area contributed by atoms with Crippen molar-refractivity contribution in [1.82, 2.24) is 0 Å². The van der Waals surface area contributed by atoms with Gasteiger partial charge in [-0.3, -0.25) is 0 Å². The first kappa shape index (κ1) is 12.9. The van der Waals surface area contributed by atoms with Gasteiger partial charge in [0.15, 0.2) is 6.29 Å². The van der Waals surface area contributed by atoms with Crippen LogP contribution in [0.1, 0.15) is 60.3 Å². The van der Waals surface area contributed by atoms with Crippen molar-refractivity contribution >= 4 is 0 Å². The molecule has 0 aromatic rings. The first-order valence-corrected chi connectivity index (χ1v) is 7.62. The Bertz CT molecular complexity index is 349. The monoisotopic (exact) mass is 252 g/mol. The Hall–Kier alpha value is -0.0800. The molecule has 4 atom stereocenters. The van der Waals surface area contributed by atoms with Crippen molar-refractivity contribution < 1.29 is 9.47 Å². The fourth-order valence-electron chi connectivity index (χ4n) is 4.93. The highest BCUT2D eigenvalue weighted by Gasteiger charge is 2.70. The van der Waals surface area contributed by atoms with Crippen LogP contribution in [0.4, 0.5) is 0 Å². The largest absolute Gasteiger partial charge is 0.352 e. The lowest BCUT2D eigenvalue weighted by Gasteiger charge is -2.52. The third kappa shape index (κ3) is 1.37. The summed E-state index contributed by atoms with van der Waals surface area (Å²) in [6, 6.07) is 0. The lowest BCUT2D eigenvalue weighted by atomic mass is 9.63. The molecule has 2 saturated carbocycles. The second kappa shape index (κ2) is 3.73. The van der Waals surface area contributed by atoms with Crippen LogP contribution in [0.25, 0.3) is 0 Å². The number of ether oxygens (including phenoxy) is 2. The summed E-state index contributed by atoms with van der Waals surface area (Å²) in [6.07, 6.45) is 5.07. The van der Waals surface area contributed by atoms with Gasteiger partial charge in [0.2, 0.25) is 0 Å². The topological polar surface area (TPSA) is 18.5 Å². The Morgan fingerprint density at radius 3 is 2.33 bits per heavy atom. The minimum atomic E-state index is 0.00530. The summed E-state index contributed by atoms with van der Waals surface area (Å²) in [6.45, 7) is 12.7. The standard InChI is InChI=1S/C16H28O2/c1-11(2)13-17-9-8-16(18-13)10-12-6-7-15(16,5)14(12,3)4/h11-13H,6-10H2,1-5H3/t12-,13+,15?,16-/m1/s1. The quantitative estimate of drug-likeness (QED) is 0.702. The zero-order chi connectivity index (χ0) is 13.2. The molecular formula is C16H28O2. The second-order valence-electron chi connectivity index (χ2n) is 7.84. The molecule has 3 aliphatic rings. The average molecular weight is 252 g/mol. The molecule has 2 nitrogen and oxygen atoms in total. The zero-order valence-corrected chi connectivity index (χ0v) is 12.6. The van der Waals surface area contributed by atoms with E-state index in [4.69, 9.17) is 9.47 Å². The molecule has 1 saturated heterocycles. The van der Waals surface area contributed by atoms with E-state index in [0.717, 1.165) is 18.9 Å². The Morgan fingerprint density at radius 2 is 1.83 bits per heavy atom. The van der Waals surface area contributed by atoms with Crippen LogP contribution < -0.4 is 0 Å². The Labute approximate surface area is 111 Å². The summed E-state index contributed by atoms with van der Waals surface area (Å²) in [5.41, 5.74) is 0.847. The minimum absolute atomic E-state index is 0.00530. The first-order chi connectivity index (χ1) is 8.32. The number of hydrogen-bond acceptors (Lipinski definition) is 2. The highest BCUT2D eigenvalue weighted by Crippen LogP contribution is 2.72. The van der Waals surface area contributed by atoms with Crippen molar-refractivity contribution in [3.8, 4) is 0 Å². The molecule has 3 rings (SSSR count). The highest BCUT2D eigenvalue weighted by atomic mass is 16.7. The molecule has 1 spiro atoms. The number of hydrogen-bond donors (Lipinski definition) is 0. The summed E-state index contributed by atoms with van der Waals surface area (Å²) in [7, 11) is 0. The fraction of sp³-hybridized carbons (Fsp3) is 1.00. The van der Waals surface area contributed by atoms with Crippen LogP contribution in [0.5, 0.6) is 0 Å². The molecule has 18 heavy (non-hydrogen) atoms. The van der Waals surface area contributed by atoms with Crippen molar-refractivity contribution in [3.63, 3.8) is 0 Å². The molecule has 1 unspecified atom stereocenters. The van der Waals surface area contributed by atoms with E-state index in [-0.39, 0.29) is 11.9 Å². The summed E-state index contributed by atoms with van der Waals surface area (Å²) in [4.78, 5) is 0. The minimum Gasteiger partial charge on any atom is -0.352 e. The van der Waals surface area contributed by atoms with Crippen LogP contribution in [0, 0.1) is 22.7 Å². The number of fused-ring (bicyclic) bond motifs is 3. The lowest BCUT2D eigenvalue weighted by Crippen LogP contribution is -2.55. The lowest BCUT2D eigenvalue weighted by molar-refractivity contribution is -0.304. The first-order valence-electron chi connectivity index (χ1n) is 7.62. The Kier molecular flexibility index (Phi) is 2.68. The van der Waals surface area contributed by atoms with Crippen molar-refractivity contribution in [2.24, 2.45) is 22.7 Å². The molecule has 2 aliphatic carbocycles. The van der Waals surface area contributed by atoms with Crippen LogP contribution in [0.15, 0.2) is 0 Å². The van der Waals surface area contributed by atoms with E-state index >= 15 is 0 Å². The van der Waals surface area contributed by atoms with Gasteiger partial charge in [0, 0.05) is 17.8 Å². The molecule has 0 radical (unpaired) electrons. The van der Waals surface area contributed by atoms with Crippen molar-refractivity contribution in [3.05, 3.63) is 0 Å². The molecule has 1 heterocycles. The maximum Gasteiger partial charge on any atom is 0.160 e. The van der Waals surface area contributed by atoms with Gasteiger partial charge in [-0.1, -0.05) is 34.6 Å². The molecular weight excluding hydrogens is 224 g/mol. The van der Waals surface area contributed by atoms with Crippen molar-refractivity contribution in [2.75, 3.05) is 6.61 Å². The van der Waals surface area contributed by atoms with Gasteiger partial charge in [-0.15, -0.1) is 0 Å². The molecule has 2 heteroatoms. The van der Waals surface area contributed by atoms with Gasteiger partial charge in [0.25, 0.3) is 0 Å². The van der Waals surface area contributed by atoms with E-state index in [0.29, 0.717) is 16.7 Å². The highest BCUT2D eigenvalue weighted by molar-refractivity contribution is 5.19. The van der Waals surface area contributed by atoms with Gasteiger partial charge >= 0.3 is 0 Å². The van der Waals surface area contributed by atoms with E-state index in [1.807, 2.05) is 0 Å². The maximum absolute atomic E-state index is 6.55. The predicted molar refractivity (Wildman–Crippen MR) is 72.2 cm³/mol. The van der Waals surface area contributed by atoms with E-state index in [1.165, 1.54) is 19.3 Å². The third-order valence-corrected chi connectivity index (χ3v) is 6.69. The smallest absolute Gasteiger partial charge is 0.160 e. The van der Waals surface area contributed by atoms with Crippen LogP contribution in [-0.2, 0) is 9.47 Å². The summed E-state index contributed by atoms with van der Waals surface area (Å²) in [5.74, 6) is 1.29. The van der Waals surface area contributed by atoms with Gasteiger partial charge in [-0.2, -0.15) is 0 Å². The normalized spacial score (nSPS) is 50.3. The van der Waals surface area contributed by atoms with Crippen LogP contribution in [0.2, 0.25) is 0 Å². The molecule has 1 aliphatic heterocycles. The second-order valence-corrected chi connectivity index (χ2v) is 7.84. The van der Waals surface area contributed by atoms with Gasteiger partial charge in [0.1, 0.15) is 0 Å². The third-order valence-electron chi connectivity index (χ3n) is 6.69. The summed E-state index contributed by atoms with van der Waals surface area (Å²) >= 11 is 0. The average Bonchev–Trinajstić information content (AvgIpc) is 2.61. The van der Waals surface area contributed by atoms with Gasteiger partial charge in [0.05, 0.1) is 12.2 Å². The van der Waals surface area contributed by atoms with Crippen LogP contribution in [-0.4, -0.2) is 18.5 Å². The summed E-state index contributed by atoms with van der Waals surface area (Å²) in [5, 5.41) is 0. The number of rotatable bonds is 1. The Balaban J connectivity index is 1.93. The van der Waals surface area contributed by atoms with E-state index < -0.39 is 0 Å². The molecule has 2 bridgehead atoms. The molecule has 0 amide bonds. The predicted octanol–water partition coefficient (Wildman–Crippen LogP) is 3.99. The Morgan fingerprint density at radius 1 is 1.11 bits per heavy atom. The van der Waals surface area contributed by atoms with E-state index in [9.17, 15) is 0 Å². The van der Waals surface area contributed by atoms with Gasteiger partial charge in [-0.25, -0.2) is 0 Å². The summed E-state index contributed by atoms with van der Waals surface area (Å²) < 4.78 is 12.4. The van der Waals surface area contributed by atoms with Crippen molar-refractivity contribution in [2.45, 2.75) is 72.2 Å². The molecule has 3 fully saturated rings. The van der Waals surface area contributed by atoms with Gasteiger partial charge in [-0.05, 0) is 30.6 Å². The van der Waals surface area contributed by atoms with E-state index in [1.54, 1.807) is 0 Å². The SMILES string of the molecule is CC(C)[C@H]1OCC[C@]2(C[C@H]3CCC2(C)C3(C)C)O1. The molecule has 104 valence electrons.